The van der Waals surface area contributed by atoms with Gasteiger partial charge in [0, 0.05) is 6.04 Å². The Morgan fingerprint density at radius 2 is 2.15 bits per heavy atom. The molecule has 3 aliphatic carbocycles. The van der Waals surface area contributed by atoms with Crippen LogP contribution in [0.4, 0.5) is 0 Å². The van der Waals surface area contributed by atoms with Crippen molar-refractivity contribution in [3.8, 4) is 0 Å². The van der Waals surface area contributed by atoms with Gasteiger partial charge >= 0.3 is 0 Å². The third kappa shape index (κ3) is 1.17. The van der Waals surface area contributed by atoms with Crippen LogP contribution >= 0.6 is 0 Å². The smallest absolute Gasteiger partial charge is 0.0105 e. The molecule has 2 N–H and O–H groups in total. The average Bonchev–Trinajstić information content (AvgIpc) is 2.64. The van der Waals surface area contributed by atoms with Crippen LogP contribution in [0.25, 0.3) is 0 Å². The second-order valence-electron chi connectivity index (χ2n) is 5.28. The summed E-state index contributed by atoms with van der Waals surface area (Å²) in [6, 6.07) is 0.534. The molecule has 2 atom stereocenters. The van der Waals surface area contributed by atoms with Gasteiger partial charge in [-0.1, -0.05) is 18.1 Å². The fourth-order valence-corrected chi connectivity index (χ4v) is 2.98. The van der Waals surface area contributed by atoms with E-state index in [1.165, 1.54) is 44.9 Å². The summed E-state index contributed by atoms with van der Waals surface area (Å²) in [7, 11) is 0. The minimum Gasteiger partial charge on any atom is -0.327 e. The highest BCUT2D eigenvalue weighted by molar-refractivity contribution is 5.21. The first-order valence-corrected chi connectivity index (χ1v) is 5.75. The van der Waals surface area contributed by atoms with Crippen LogP contribution in [0.3, 0.4) is 0 Å². The Morgan fingerprint density at radius 3 is 2.54 bits per heavy atom. The van der Waals surface area contributed by atoms with Crippen molar-refractivity contribution >= 4 is 0 Å². The Bertz CT molecular complexity index is 252. The molecule has 0 aromatic rings. The molecule has 1 spiro atoms. The van der Waals surface area contributed by atoms with Crippen molar-refractivity contribution in [1.82, 2.24) is 0 Å². The average molecular weight is 177 g/mol. The molecule has 0 bridgehead atoms. The van der Waals surface area contributed by atoms with Gasteiger partial charge in [-0.2, -0.15) is 0 Å². The minimum atomic E-state index is 0.534. The van der Waals surface area contributed by atoms with Gasteiger partial charge in [-0.25, -0.2) is 0 Å². The van der Waals surface area contributed by atoms with Crippen molar-refractivity contribution in [3.05, 3.63) is 11.6 Å². The third-order valence-corrected chi connectivity index (χ3v) is 4.56. The lowest BCUT2D eigenvalue weighted by atomic mass is 9.73. The van der Waals surface area contributed by atoms with Gasteiger partial charge in [0.1, 0.15) is 0 Å². The molecule has 2 fully saturated rings. The Kier molecular flexibility index (Phi) is 1.61. The highest BCUT2D eigenvalue weighted by Gasteiger charge is 2.51. The van der Waals surface area contributed by atoms with Gasteiger partial charge < -0.3 is 5.73 Å². The number of rotatable bonds is 1. The summed E-state index contributed by atoms with van der Waals surface area (Å²) in [5.41, 5.74) is 8.32. The van der Waals surface area contributed by atoms with E-state index in [2.05, 4.69) is 6.08 Å². The van der Waals surface area contributed by atoms with E-state index in [4.69, 9.17) is 5.73 Å². The Balaban J connectivity index is 1.67. The molecule has 0 aliphatic heterocycles. The maximum Gasteiger partial charge on any atom is 0.0105 e. The van der Waals surface area contributed by atoms with E-state index < -0.39 is 0 Å². The lowest BCUT2D eigenvalue weighted by molar-refractivity contribution is 0.329. The minimum absolute atomic E-state index is 0.534. The van der Waals surface area contributed by atoms with Crippen molar-refractivity contribution in [2.75, 3.05) is 0 Å². The van der Waals surface area contributed by atoms with E-state index in [9.17, 15) is 0 Å². The fourth-order valence-electron chi connectivity index (χ4n) is 2.98. The van der Waals surface area contributed by atoms with Gasteiger partial charge in [0.05, 0.1) is 0 Å². The van der Waals surface area contributed by atoms with E-state index in [1.54, 1.807) is 5.57 Å². The monoisotopic (exact) mass is 177 g/mol. The van der Waals surface area contributed by atoms with Crippen molar-refractivity contribution in [2.24, 2.45) is 17.1 Å². The topological polar surface area (TPSA) is 26.0 Å². The summed E-state index contributed by atoms with van der Waals surface area (Å²) in [6.07, 6.45) is 12.2. The molecule has 2 unspecified atom stereocenters. The Labute approximate surface area is 80.4 Å². The molecule has 0 amide bonds. The van der Waals surface area contributed by atoms with Gasteiger partial charge in [0.2, 0.25) is 0 Å². The molecule has 1 heteroatoms. The lowest BCUT2D eigenvalue weighted by Crippen LogP contribution is -2.21. The molecule has 3 rings (SSSR count). The Hall–Kier alpha value is -0.300. The predicted octanol–water partition coefficient (Wildman–Crippen LogP) is 2.61. The molecule has 0 radical (unpaired) electrons. The van der Waals surface area contributed by atoms with Crippen LogP contribution in [0.2, 0.25) is 0 Å². The zero-order chi connectivity index (χ0) is 8.89. The zero-order valence-corrected chi connectivity index (χ0v) is 8.26. The van der Waals surface area contributed by atoms with Crippen LogP contribution in [0.1, 0.15) is 44.9 Å². The maximum atomic E-state index is 5.97. The van der Waals surface area contributed by atoms with Gasteiger partial charge in [0.15, 0.2) is 0 Å². The second-order valence-corrected chi connectivity index (χ2v) is 5.28. The van der Waals surface area contributed by atoms with Crippen molar-refractivity contribution in [2.45, 2.75) is 51.0 Å². The van der Waals surface area contributed by atoms with E-state index in [0.717, 1.165) is 5.92 Å². The summed E-state index contributed by atoms with van der Waals surface area (Å²) < 4.78 is 0. The molecule has 72 valence electrons. The summed E-state index contributed by atoms with van der Waals surface area (Å²) in [6.45, 7) is 0. The van der Waals surface area contributed by atoms with Crippen molar-refractivity contribution in [3.63, 3.8) is 0 Å². The van der Waals surface area contributed by atoms with Crippen LogP contribution in [0.5, 0.6) is 0 Å². The maximum absolute atomic E-state index is 5.97. The quantitative estimate of drug-likeness (QED) is 0.612. The summed E-state index contributed by atoms with van der Waals surface area (Å²) in [5.74, 6) is 0.979. The molecular formula is C12H19N. The molecule has 0 aromatic carbocycles. The number of nitrogens with two attached hydrogens (primary N) is 1. The predicted molar refractivity (Wildman–Crippen MR) is 54.3 cm³/mol. The third-order valence-electron chi connectivity index (χ3n) is 4.56. The first-order valence-electron chi connectivity index (χ1n) is 5.75. The second kappa shape index (κ2) is 2.60. The molecule has 0 heterocycles. The van der Waals surface area contributed by atoms with Crippen LogP contribution in [-0.4, -0.2) is 6.04 Å². The van der Waals surface area contributed by atoms with E-state index in [1.807, 2.05) is 0 Å². The van der Waals surface area contributed by atoms with Gasteiger partial charge in [0.25, 0.3) is 0 Å². The van der Waals surface area contributed by atoms with Crippen LogP contribution in [0.15, 0.2) is 11.6 Å². The molecular weight excluding hydrogens is 158 g/mol. The van der Waals surface area contributed by atoms with Crippen molar-refractivity contribution in [1.29, 1.82) is 0 Å². The first-order chi connectivity index (χ1) is 6.30. The van der Waals surface area contributed by atoms with Gasteiger partial charge in [-0.15, -0.1) is 0 Å². The van der Waals surface area contributed by atoms with E-state index in [0.29, 0.717) is 11.5 Å². The van der Waals surface area contributed by atoms with Crippen molar-refractivity contribution < 1.29 is 0 Å². The fraction of sp³-hybridized carbons (Fsp3) is 0.833. The van der Waals surface area contributed by atoms with E-state index >= 15 is 0 Å². The van der Waals surface area contributed by atoms with Gasteiger partial charge in [-0.05, 0) is 49.9 Å². The molecule has 0 aromatic heterocycles. The first kappa shape index (κ1) is 8.05. The summed E-state index contributed by atoms with van der Waals surface area (Å²) in [5, 5.41) is 0. The van der Waals surface area contributed by atoms with Crippen LogP contribution in [-0.2, 0) is 0 Å². The molecule has 1 nitrogen and oxygen atoms in total. The summed E-state index contributed by atoms with van der Waals surface area (Å²) >= 11 is 0. The number of hydrogen-bond donors (Lipinski definition) is 1. The normalized spacial score (nSPS) is 44.4. The number of allylic oxidation sites excluding steroid dienone is 2. The Morgan fingerprint density at radius 1 is 1.38 bits per heavy atom. The van der Waals surface area contributed by atoms with Crippen LogP contribution in [0, 0.1) is 11.3 Å². The zero-order valence-electron chi connectivity index (χ0n) is 8.26. The highest BCUT2D eigenvalue weighted by Crippen LogP contribution is 2.55. The lowest BCUT2D eigenvalue weighted by Gasteiger charge is -2.32. The summed E-state index contributed by atoms with van der Waals surface area (Å²) in [4.78, 5) is 0. The van der Waals surface area contributed by atoms with Crippen LogP contribution < -0.4 is 5.73 Å². The molecule has 2 saturated carbocycles. The molecule has 3 aliphatic rings. The molecule has 0 saturated heterocycles. The van der Waals surface area contributed by atoms with Gasteiger partial charge in [-0.3, -0.25) is 0 Å². The van der Waals surface area contributed by atoms with E-state index in [-0.39, 0.29) is 0 Å². The standard InChI is InChI=1S/C12H19N/c13-11-8-12(11)6-4-10(5-7-12)9-2-1-3-9/h4,9,11H,1-3,5-8,13H2. The highest BCUT2D eigenvalue weighted by atomic mass is 14.8. The largest absolute Gasteiger partial charge is 0.327 e. The molecule has 13 heavy (non-hydrogen) atoms. The SMILES string of the molecule is NC1CC12CC=C(C1CCC1)CC2. The number of hydrogen-bond acceptors (Lipinski definition) is 1.